The number of aliphatic hydroxyl groups excluding tert-OH is 1. The number of aryl methyl sites for hydroxylation is 1. The molecular weight excluding hydrogens is 382 g/mol. The number of benzene rings is 2. The zero-order valence-electron chi connectivity index (χ0n) is 17.2. The SMILES string of the molecule is COC1(CO)CCN(C(=O)c2ccc(-n3c(C)nc4ccccc4c3=O)cc2)CC1. The second-order valence-corrected chi connectivity index (χ2v) is 7.70. The first-order chi connectivity index (χ1) is 14.5. The fourth-order valence-electron chi connectivity index (χ4n) is 4.03. The zero-order chi connectivity index (χ0) is 21.3. The number of likely N-dealkylation sites (tertiary alicyclic amines) is 1. The van der Waals surface area contributed by atoms with E-state index in [1.807, 2.05) is 18.2 Å². The average Bonchev–Trinajstić information content (AvgIpc) is 2.79. The van der Waals surface area contributed by atoms with E-state index in [1.54, 1.807) is 53.8 Å². The highest BCUT2D eigenvalue weighted by Crippen LogP contribution is 2.26. The van der Waals surface area contributed by atoms with E-state index in [0.29, 0.717) is 53.9 Å². The standard InChI is InChI=1S/C23H25N3O4/c1-16-24-20-6-4-3-5-19(20)22(29)26(16)18-9-7-17(8-10-18)21(28)25-13-11-23(15-27,30-2)12-14-25/h3-10,27H,11-15H2,1-2H3. The van der Waals surface area contributed by atoms with Crippen molar-refractivity contribution >= 4 is 16.8 Å². The van der Waals surface area contributed by atoms with Gasteiger partial charge in [0.15, 0.2) is 0 Å². The van der Waals surface area contributed by atoms with Crippen molar-refractivity contribution in [2.24, 2.45) is 0 Å². The number of para-hydroxylation sites is 1. The van der Waals surface area contributed by atoms with E-state index >= 15 is 0 Å². The fraction of sp³-hybridized carbons (Fsp3) is 0.348. The van der Waals surface area contributed by atoms with Crippen molar-refractivity contribution in [3.05, 3.63) is 70.3 Å². The number of carbonyl (C=O) groups excluding carboxylic acids is 1. The maximum Gasteiger partial charge on any atom is 0.265 e. The second-order valence-electron chi connectivity index (χ2n) is 7.70. The van der Waals surface area contributed by atoms with Gasteiger partial charge in [0.05, 0.1) is 28.8 Å². The Balaban J connectivity index is 1.58. The summed E-state index contributed by atoms with van der Waals surface area (Å²) < 4.78 is 7.01. The van der Waals surface area contributed by atoms with E-state index in [4.69, 9.17) is 4.74 Å². The quantitative estimate of drug-likeness (QED) is 0.717. The van der Waals surface area contributed by atoms with Crippen LogP contribution in [0.4, 0.5) is 0 Å². The predicted molar refractivity (Wildman–Crippen MR) is 114 cm³/mol. The number of piperidine rings is 1. The summed E-state index contributed by atoms with van der Waals surface area (Å²) in [6, 6.07) is 14.3. The smallest absolute Gasteiger partial charge is 0.265 e. The molecule has 1 saturated heterocycles. The van der Waals surface area contributed by atoms with E-state index in [-0.39, 0.29) is 18.1 Å². The summed E-state index contributed by atoms with van der Waals surface area (Å²) in [6.07, 6.45) is 1.20. The molecule has 1 aliphatic heterocycles. The van der Waals surface area contributed by atoms with Crippen molar-refractivity contribution in [2.75, 3.05) is 26.8 Å². The van der Waals surface area contributed by atoms with Crippen molar-refractivity contribution in [3.8, 4) is 5.69 Å². The fourth-order valence-corrected chi connectivity index (χ4v) is 4.03. The third kappa shape index (κ3) is 3.51. The molecule has 1 aromatic heterocycles. The van der Waals surface area contributed by atoms with E-state index in [1.165, 1.54) is 0 Å². The minimum Gasteiger partial charge on any atom is -0.393 e. The first-order valence-corrected chi connectivity index (χ1v) is 10.0. The van der Waals surface area contributed by atoms with E-state index in [2.05, 4.69) is 4.98 Å². The van der Waals surface area contributed by atoms with Gasteiger partial charge < -0.3 is 14.7 Å². The lowest BCUT2D eigenvalue weighted by atomic mass is 9.91. The van der Waals surface area contributed by atoms with Crippen LogP contribution < -0.4 is 5.56 Å². The summed E-state index contributed by atoms with van der Waals surface area (Å²) >= 11 is 0. The second kappa shape index (κ2) is 8.01. The number of methoxy groups -OCH3 is 1. The maximum absolute atomic E-state index is 12.9. The summed E-state index contributed by atoms with van der Waals surface area (Å²) in [5.74, 6) is 0.526. The first-order valence-electron chi connectivity index (χ1n) is 10.0. The number of amides is 1. The Kier molecular flexibility index (Phi) is 5.40. The van der Waals surface area contributed by atoms with Crippen LogP contribution in [0.1, 0.15) is 29.0 Å². The molecule has 7 nitrogen and oxygen atoms in total. The molecule has 0 saturated carbocycles. The molecule has 1 aliphatic rings. The lowest BCUT2D eigenvalue weighted by Crippen LogP contribution is -2.49. The highest BCUT2D eigenvalue weighted by atomic mass is 16.5. The predicted octanol–water partition coefficient (Wildman–Crippen LogP) is 2.31. The van der Waals surface area contributed by atoms with Gasteiger partial charge in [0, 0.05) is 25.8 Å². The van der Waals surface area contributed by atoms with E-state index in [0.717, 1.165) is 0 Å². The topological polar surface area (TPSA) is 84.7 Å². The van der Waals surface area contributed by atoms with Crippen LogP contribution in [-0.4, -0.2) is 57.9 Å². The van der Waals surface area contributed by atoms with Gasteiger partial charge in [0.25, 0.3) is 11.5 Å². The summed E-state index contributed by atoms with van der Waals surface area (Å²) in [4.78, 5) is 32.1. The van der Waals surface area contributed by atoms with Crippen LogP contribution in [0.2, 0.25) is 0 Å². The van der Waals surface area contributed by atoms with E-state index < -0.39 is 5.60 Å². The number of hydrogen-bond acceptors (Lipinski definition) is 5. The van der Waals surface area contributed by atoms with Gasteiger partial charge in [-0.1, -0.05) is 12.1 Å². The molecule has 0 spiro atoms. The van der Waals surface area contributed by atoms with Crippen molar-refractivity contribution < 1.29 is 14.6 Å². The normalized spacial score (nSPS) is 16.0. The summed E-state index contributed by atoms with van der Waals surface area (Å²) in [6.45, 7) is 2.81. The lowest BCUT2D eigenvalue weighted by molar-refractivity contribution is -0.0845. The monoisotopic (exact) mass is 407 g/mol. The molecule has 2 heterocycles. The summed E-state index contributed by atoms with van der Waals surface area (Å²) in [7, 11) is 1.60. The molecule has 0 aliphatic carbocycles. The number of rotatable bonds is 4. The zero-order valence-corrected chi connectivity index (χ0v) is 17.2. The molecule has 0 radical (unpaired) electrons. The summed E-state index contributed by atoms with van der Waals surface area (Å²) in [5, 5.41) is 10.1. The van der Waals surface area contributed by atoms with Crippen LogP contribution in [0.25, 0.3) is 16.6 Å². The molecule has 0 atom stereocenters. The van der Waals surface area contributed by atoms with Crippen LogP contribution in [-0.2, 0) is 4.74 Å². The number of ether oxygens (including phenoxy) is 1. The van der Waals surface area contributed by atoms with Gasteiger partial charge in [-0.2, -0.15) is 0 Å². The van der Waals surface area contributed by atoms with Gasteiger partial charge in [-0.3, -0.25) is 14.2 Å². The van der Waals surface area contributed by atoms with E-state index in [9.17, 15) is 14.7 Å². The Labute approximate surface area is 174 Å². The van der Waals surface area contributed by atoms with Gasteiger partial charge in [-0.25, -0.2) is 4.98 Å². The Bertz CT molecular complexity index is 1120. The third-order valence-electron chi connectivity index (χ3n) is 6.00. The molecule has 1 N–H and O–H groups in total. The number of hydrogen-bond donors (Lipinski definition) is 1. The van der Waals surface area contributed by atoms with Gasteiger partial charge in [-0.05, 0) is 56.2 Å². The Morgan fingerprint density at radius 1 is 1.13 bits per heavy atom. The van der Waals surface area contributed by atoms with Gasteiger partial charge >= 0.3 is 0 Å². The van der Waals surface area contributed by atoms with Crippen LogP contribution in [0.5, 0.6) is 0 Å². The summed E-state index contributed by atoms with van der Waals surface area (Å²) in [5.41, 5.74) is 1.22. The van der Waals surface area contributed by atoms with Crippen molar-refractivity contribution in [1.82, 2.24) is 14.5 Å². The van der Waals surface area contributed by atoms with Crippen LogP contribution >= 0.6 is 0 Å². The number of aromatic nitrogens is 2. The average molecular weight is 407 g/mol. The Hall–Kier alpha value is -3.03. The largest absolute Gasteiger partial charge is 0.393 e. The Morgan fingerprint density at radius 2 is 1.80 bits per heavy atom. The number of fused-ring (bicyclic) bond motifs is 1. The molecule has 0 bridgehead atoms. The molecule has 2 aromatic carbocycles. The van der Waals surface area contributed by atoms with Crippen molar-refractivity contribution in [3.63, 3.8) is 0 Å². The van der Waals surface area contributed by atoms with Gasteiger partial charge in [0.2, 0.25) is 0 Å². The molecule has 156 valence electrons. The van der Waals surface area contributed by atoms with Crippen LogP contribution in [0.3, 0.4) is 0 Å². The number of nitrogens with zero attached hydrogens (tertiary/aromatic N) is 3. The van der Waals surface area contributed by atoms with Crippen molar-refractivity contribution in [2.45, 2.75) is 25.4 Å². The minimum absolute atomic E-state index is 0.0475. The molecule has 7 heteroatoms. The molecule has 1 amide bonds. The van der Waals surface area contributed by atoms with Crippen LogP contribution in [0.15, 0.2) is 53.3 Å². The Morgan fingerprint density at radius 3 is 2.43 bits per heavy atom. The van der Waals surface area contributed by atoms with Crippen molar-refractivity contribution in [1.29, 1.82) is 0 Å². The minimum atomic E-state index is -0.553. The highest BCUT2D eigenvalue weighted by molar-refractivity contribution is 5.94. The van der Waals surface area contributed by atoms with Gasteiger partial charge in [-0.15, -0.1) is 0 Å². The first kappa shape index (κ1) is 20.3. The molecule has 4 rings (SSSR count). The third-order valence-corrected chi connectivity index (χ3v) is 6.00. The maximum atomic E-state index is 12.9. The molecule has 30 heavy (non-hydrogen) atoms. The highest BCUT2D eigenvalue weighted by Gasteiger charge is 2.35. The molecule has 1 fully saturated rings. The molecule has 3 aromatic rings. The van der Waals surface area contributed by atoms with Gasteiger partial charge in [0.1, 0.15) is 5.82 Å². The number of aliphatic hydroxyl groups is 1. The lowest BCUT2D eigenvalue weighted by Gasteiger charge is -2.39. The molecule has 0 unspecified atom stereocenters. The number of carbonyl (C=O) groups is 1. The van der Waals surface area contributed by atoms with Crippen LogP contribution in [0, 0.1) is 6.92 Å². The molecular formula is C23H25N3O4.